The third-order valence-electron chi connectivity index (χ3n) is 5.14. The first kappa shape index (κ1) is 18.5. The summed E-state index contributed by atoms with van der Waals surface area (Å²) in [5, 5.41) is 3.00. The zero-order valence-electron chi connectivity index (χ0n) is 15.6. The fourth-order valence-corrected chi connectivity index (χ4v) is 6.27. The first-order valence-electron chi connectivity index (χ1n) is 9.12. The summed E-state index contributed by atoms with van der Waals surface area (Å²) in [5.41, 5.74) is 3.20. The van der Waals surface area contributed by atoms with Gasteiger partial charge in [0.2, 0.25) is 0 Å². The highest BCUT2D eigenvalue weighted by Crippen LogP contribution is 2.35. The van der Waals surface area contributed by atoms with Crippen LogP contribution >= 0.6 is 46.0 Å². The van der Waals surface area contributed by atoms with Gasteiger partial charge in [-0.25, -0.2) is 9.97 Å². The molecule has 0 amide bonds. The van der Waals surface area contributed by atoms with E-state index in [1.807, 2.05) is 13.0 Å². The molecule has 4 aromatic rings. The number of thioether (sulfide) groups is 1. The number of nitrogens with zero attached hydrogens (tertiary/aromatic N) is 4. The second-order valence-electron chi connectivity index (χ2n) is 6.82. The first-order chi connectivity index (χ1) is 13.6. The highest BCUT2D eigenvalue weighted by Gasteiger charge is 2.22. The van der Waals surface area contributed by atoms with E-state index in [0.717, 1.165) is 58.1 Å². The monoisotopic (exact) mass is 446 g/mol. The molecule has 2 aromatic heterocycles. The molecule has 0 atom stereocenters. The Morgan fingerprint density at radius 3 is 2.32 bits per heavy atom. The van der Waals surface area contributed by atoms with Crippen molar-refractivity contribution in [1.82, 2.24) is 9.97 Å². The smallest absolute Gasteiger partial charge is 0.186 e. The molecule has 1 fully saturated rings. The standard InChI is InChI=1S/C20H19ClN4S3/c1-12-14(21)4-6-16-18(12)23-20(27-16)25-9-7-24(8-10-25)19-22-15-5-3-13(26-2)11-17(15)28-19/h3-6,11H,7-10H2,1-2H3. The van der Waals surface area contributed by atoms with Gasteiger partial charge in [0.15, 0.2) is 10.3 Å². The number of rotatable bonds is 3. The maximum atomic E-state index is 6.26. The van der Waals surface area contributed by atoms with Crippen LogP contribution in [0.4, 0.5) is 10.3 Å². The van der Waals surface area contributed by atoms with E-state index in [9.17, 15) is 0 Å². The fourth-order valence-electron chi connectivity index (χ4n) is 3.47. The van der Waals surface area contributed by atoms with Crippen LogP contribution in [-0.2, 0) is 0 Å². The number of halogens is 1. The zero-order valence-corrected chi connectivity index (χ0v) is 18.8. The van der Waals surface area contributed by atoms with Crippen LogP contribution in [0.3, 0.4) is 0 Å². The maximum absolute atomic E-state index is 6.26. The largest absolute Gasteiger partial charge is 0.345 e. The molecule has 144 valence electrons. The van der Waals surface area contributed by atoms with Crippen LogP contribution in [0.5, 0.6) is 0 Å². The highest BCUT2D eigenvalue weighted by atomic mass is 35.5. The summed E-state index contributed by atoms with van der Waals surface area (Å²) >= 11 is 11.6. The minimum absolute atomic E-state index is 0.787. The Morgan fingerprint density at radius 1 is 0.929 bits per heavy atom. The van der Waals surface area contributed by atoms with Gasteiger partial charge in [0.1, 0.15) is 0 Å². The molecule has 1 aliphatic heterocycles. The van der Waals surface area contributed by atoms with Crippen molar-refractivity contribution in [3.63, 3.8) is 0 Å². The van der Waals surface area contributed by atoms with Gasteiger partial charge in [-0.15, -0.1) is 11.8 Å². The van der Waals surface area contributed by atoms with Gasteiger partial charge in [-0.3, -0.25) is 0 Å². The molecule has 1 aliphatic rings. The molecule has 4 nitrogen and oxygen atoms in total. The summed E-state index contributed by atoms with van der Waals surface area (Å²) in [5.74, 6) is 0. The van der Waals surface area contributed by atoms with Crippen molar-refractivity contribution in [3.05, 3.63) is 40.9 Å². The zero-order chi connectivity index (χ0) is 19.3. The normalized spacial score (nSPS) is 15.1. The first-order valence-corrected chi connectivity index (χ1v) is 12.4. The summed E-state index contributed by atoms with van der Waals surface area (Å²) in [4.78, 5) is 15.8. The van der Waals surface area contributed by atoms with Crippen molar-refractivity contribution in [2.24, 2.45) is 0 Å². The average molecular weight is 447 g/mol. The number of hydrogen-bond donors (Lipinski definition) is 0. The molecule has 0 radical (unpaired) electrons. The van der Waals surface area contributed by atoms with E-state index in [1.54, 1.807) is 34.4 Å². The summed E-state index contributed by atoms with van der Waals surface area (Å²) in [6.45, 7) is 5.88. The third kappa shape index (κ3) is 3.24. The Morgan fingerprint density at radius 2 is 1.61 bits per heavy atom. The van der Waals surface area contributed by atoms with Gasteiger partial charge in [-0.05, 0) is 49.1 Å². The molecule has 5 rings (SSSR count). The van der Waals surface area contributed by atoms with Crippen LogP contribution in [0, 0.1) is 6.92 Å². The number of piperazine rings is 1. The van der Waals surface area contributed by atoms with Crippen LogP contribution in [0.25, 0.3) is 20.4 Å². The summed E-state index contributed by atoms with van der Waals surface area (Å²) < 4.78 is 2.47. The number of hydrogen-bond acceptors (Lipinski definition) is 7. The molecule has 0 spiro atoms. The molecule has 1 saturated heterocycles. The lowest BCUT2D eigenvalue weighted by atomic mass is 10.2. The van der Waals surface area contributed by atoms with Crippen molar-refractivity contribution in [1.29, 1.82) is 0 Å². The average Bonchev–Trinajstić information content (AvgIpc) is 3.35. The van der Waals surface area contributed by atoms with Crippen molar-refractivity contribution in [3.8, 4) is 0 Å². The molecule has 28 heavy (non-hydrogen) atoms. The van der Waals surface area contributed by atoms with E-state index < -0.39 is 0 Å². The van der Waals surface area contributed by atoms with E-state index >= 15 is 0 Å². The number of benzene rings is 2. The van der Waals surface area contributed by atoms with Gasteiger partial charge in [-0.1, -0.05) is 34.3 Å². The summed E-state index contributed by atoms with van der Waals surface area (Å²) in [6.07, 6.45) is 2.11. The Labute approximate surface area is 181 Å². The van der Waals surface area contributed by atoms with E-state index in [4.69, 9.17) is 21.6 Å². The van der Waals surface area contributed by atoms with Crippen molar-refractivity contribution in [2.45, 2.75) is 11.8 Å². The molecule has 0 saturated carbocycles. The van der Waals surface area contributed by atoms with Crippen molar-refractivity contribution >= 4 is 76.7 Å². The van der Waals surface area contributed by atoms with Crippen LogP contribution < -0.4 is 9.80 Å². The highest BCUT2D eigenvalue weighted by molar-refractivity contribution is 7.98. The maximum Gasteiger partial charge on any atom is 0.186 e. The van der Waals surface area contributed by atoms with Crippen LogP contribution in [0.1, 0.15) is 5.56 Å². The number of anilines is 2. The SMILES string of the molecule is CSc1ccc2nc(N3CCN(c4nc5c(C)c(Cl)ccc5s4)CC3)sc2c1. The van der Waals surface area contributed by atoms with E-state index in [1.165, 1.54) is 14.3 Å². The number of fused-ring (bicyclic) bond motifs is 2. The number of thiazole rings is 2. The van der Waals surface area contributed by atoms with Gasteiger partial charge < -0.3 is 9.80 Å². The number of aryl methyl sites for hydroxylation is 1. The Balaban J connectivity index is 1.34. The fraction of sp³-hybridized carbons (Fsp3) is 0.300. The Kier molecular flexibility index (Phi) is 4.87. The molecule has 0 aliphatic carbocycles. The molecular weight excluding hydrogens is 428 g/mol. The lowest BCUT2D eigenvalue weighted by Gasteiger charge is -2.34. The molecular formula is C20H19ClN4S3. The molecule has 0 N–H and O–H groups in total. The van der Waals surface area contributed by atoms with E-state index in [0.29, 0.717) is 0 Å². The molecule has 3 heterocycles. The Hall–Kier alpha value is -1.54. The van der Waals surface area contributed by atoms with Crippen LogP contribution in [0.15, 0.2) is 35.2 Å². The second-order valence-corrected chi connectivity index (χ2v) is 10.1. The van der Waals surface area contributed by atoms with Gasteiger partial charge >= 0.3 is 0 Å². The van der Waals surface area contributed by atoms with E-state index in [2.05, 4.69) is 40.3 Å². The lowest BCUT2D eigenvalue weighted by molar-refractivity contribution is 0.651. The van der Waals surface area contributed by atoms with Gasteiger partial charge in [0.25, 0.3) is 0 Å². The summed E-state index contributed by atoms with van der Waals surface area (Å²) in [6, 6.07) is 10.6. The summed E-state index contributed by atoms with van der Waals surface area (Å²) in [7, 11) is 0. The molecule has 0 unspecified atom stereocenters. The van der Waals surface area contributed by atoms with Gasteiger partial charge in [-0.2, -0.15) is 0 Å². The van der Waals surface area contributed by atoms with Crippen LogP contribution in [-0.4, -0.2) is 42.4 Å². The van der Waals surface area contributed by atoms with Crippen molar-refractivity contribution < 1.29 is 0 Å². The molecule has 8 heteroatoms. The minimum Gasteiger partial charge on any atom is -0.345 e. The minimum atomic E-state index is 0.787. The lowest BCUT2D eigenvalue weighted by Crippen LogP contribution is -2.46. The number of aromatic nitrogens is 2. The molecule has 2 aromatic carbocycles. The van der Waals surface area contributed by atoms with Crippen LogP contribution in [0.2, 0.25) is 5.02 Å². The van der Waals surface area contributed by atoms with E-state index in [-0.39, 0.29) is 0 Å². The Bertz CT molecular complexity index is 1160. The molecule has 0 bridgehead atoms. The predicted molar refractivity (Wildman–Crippen MR) is 125 cm³/mol. The van der Waals surface area contributed by atoms with Crippen molar-refractivity contribution in [2.75, 3.05) is 42.2 Å². The predicted octanol–water partition coefficient (Wildman–Crippen LogP) is 5.92. The van der Waals surface area contributed by atoms with Gasteiger partial charge in [0.05, 0.1) is 20.4 Å². The van der Waals surface area contributed by atoms with Gasteiger partial charge in [0, 0.05) is 36.1 Å². The third-order valence-corrected chi connectivity index (χ3v) is 8.44. The second kappa shape index (κ2) is 7.37. The quantitative estimate of drug-likeness (QED) is 0.365. The topological polar surface area (TPSA) is 32.3 Å².